The minimum Gasteiger partial charge on any atom is -0.481 e. The van der Waals surface area contributed by atoms with Crippen molar-refractivity contribution >= 4 is 5.97 Å². The van der Waals surface area contributed by atoms with E-state index in [1.54, 1.807) is 0 Å². The number of rotatable bonds is 3. The topological polar surface area (TPSA) is 37.3 Å². The van der Waals surface area contributed by atoms with E-state index in [0.29, 0.717) is 11.8 Å². The molecular weight excluding hydrogens is 176 g/mol. The molecule has 0 aliphatic heterocycles. The van der Waals surface area contributed by atoms with E-state index < -0.39 is 5.97 Å². The molecule has 1 aliphatic carbocycles. The third-order valence-corrected chi connectivity index (χ3v) is 3.25. The Labute approximate surface area is 86.0 Å². The first kappa shape index (κ1) is 11.3. The van der Waals surface area contributed by atoms with Crippen LogP contribution in [-0.2, 0) is 4.79 Å². The number of hydrogen-bond donors (Lipinski definition) is 1. The molecule has 0 heterocycles. The third kappa shape index (κ3) is 2.60. The molecule has 2 heteroatoms. The lowest BCUT2D eigenvalue weighted by Gasteiger charge is -2.40. The quantitative estimate of drug-likeness (QED) is 0.704. The highest BCUT2D eigenvalue weighted by Gasteiger charge is 2.37. The van der Waals surface area contributed by atoms with Gasteiger partial charge in [0, 0.05) is 0 Å². The standard InChI is InChI=1S/C12H20O2/c1-4-12(8-11(13)14)6-9(2)5-10(3)7-12/h4,9-10H,1,5-8H2,2-3H3,(H,13,14). The second kappa shape index (κ2) is 4.16. The molecule has 0 aromatic heterocycles. The molecule has 0 spiro atoms. The van der Waals surface area contributed by atoms with Crippen LogP contribution in [0.15, 0.2) is 12.7 Å². The van der Waals surface area contributed by atoms with Crippen LogP contribution >= 0.6 is 0 Å². The van der Waals surface area contributed by atoms with Gasteiger partial charge in [-0.25, -0.2) is 0 Å². The molecule has 1 N–H and O–H groups in total. The van der Waals surface area contributed by atoms with Crippen molar-refractivity contribution in [3.63, 3.8) is 0 Å². The summed E-state index contributed by atoms with van der Waals surface area (Å²) in [6.45, 7) is 8.22. The summed E-state index contributed by atoms with van der Waals surface area (Å²) in [7, 11) is 0. The second-order valence-electron chi connectivity index (χ2n) is 4.99. The number of allylic oxidation sites excluding steroid dienone is 1. The predicted molar refractivity (Wildman–Crippen MR) is 57.1 cm³/mol. The molecule has 1 fully saturated rings. The summed E-state index contributed by atoms with van der Waals surface area (Å²) in [4.78, 5) is 10.8. The molecule has 80 valence electrons. The van der Waals surface area contributed by atoms with Crippen LogP contribution in [0, 0.1) is 17.3 Å². The fourth-order valence-electron chi connectivity index (χ4n) is 3.01. The fourth-order valence-corrected chi connectivity index (χ4v) is 3.01. The van der Waals surface area contributed by atoms with Crippen LogP contribution in [-0.4, -0.2) is 11.1 Å². The summed E-state index contributed by atoms with van der Waals surface area (Å²) in [6.07, 6.45) is 5.29. The molecular formula is C12H20O2. The Kier molecular flexibility index (Phi) is 3.35. The number of hydrogen-bond acceptors (Lipinski definition) is 1. The van der Waals surface area contributed by atoms with Gasteiger partial charge < -0.3 is 5.11 Å². The van der Waals surface area contributed by atoms with Gasteiger partial charge in [-0.15, -0.1) is 6.58 Å². The van der Waals surface area contributed by atoms with Crippen LogP contribution in [0.3, 0.4) is 0 Å². The molecule has 0 aromatic rings. The van der Waals surface area contributed by atoms with E-state index in [1.807, 2.05) is 6.08 Å². The van der Waals surface area contributed by atoms with Crippen molar-refractivity contribution in [3.8, 4) is 0 Å². The largest absolute Gasteiger partial charge is 0.481 e. The second-order valence-corrected chi connectivity index (χ2v) is 4.99. The summed E-state index contributed by atoms with van der Waals surface area (Å²) in [5.74, 6) is 0.540. The Morgan fingerprint density at radius 2 is 2.00 bits per heavy atom. The van der Waals surface area contributed by atoms with E-state index in [4.69, 9.17) is 5.11 Å². The van der Waals surface area contributed by atoms with Crippen molar-refractivity contribution < 1.29 is 9.90 Å². The molecule has 0 radical (unpaired) electrons. The van der Waals surface area contributed by atoms with Crippen LogP contribution < -0.4 is 0 Å². The van der Waals surface area contributed by atoms with E-state index in [1.165, 1.54) is 6.42 Å². The van der Waals surface area contributed by atoms with Crippen molar-refractivity contribution in [2.45, 2.75) is 39.5 Å². The van der Waals surface area contributed by atoms with Crippen molar-refractivity contribution in [1.29, 1.82) is 0 Å². The van der Waals surface area contributed by atoms with E-state index in [-0.39, 0.29) is 11.8 Å². The van der Waals surface area contributed by atoms with Crippen molar-refractivity contribution in [1.82, 2.24) is 0 Å². The van der Waals surface area contributed by atoms with Gasteiger partial charge in [0.1, 0.15) is 0 Å². The zero-order valence-corrected chi connectivity index (χ0v) is 9.12. The van der Waals surface area contributed by atoms with Gasteiger partial charge in [-0.3, -0.25) is 4.79 Å². The van der Waals surface area contributed by atoms with Gasteiger partial charge in [0.25, 0.3) is 0 Å². The molecule has 2 nitrogen and oxygen atoms in total. The zero-order chi connectivity index (χ0) is 10.8. The lowest BCUT2D eigenvalue weighted by molar-refractivity contribution is -0.139. The van der Waals surface area contributed by atoms with E-state index in [2.05, 4.69) is 20.4 Å². The van der Waals surface area contributed by atoms with E-state index in [9.17, 15) is 4.79 Å². The average molecular weight is 196 g/mol. The zero-order valence-electron chi connectivity index (χ0n) is 9.12. The number of carboxylic acids is 1. The molecule has 0 amide bonds. The van der Waals surface area contributed by atoms with Crippen molar-refractivity contribution in [2.24, 2.45) is 17.3 Å². The Morgan fingerprint density at radius 3 is 2.36 bits per heavy atom. The number of carbonyl (C=O) groups is 1. The maximum atomic E-state index is 10.8. The smallest absolute Gasteiger partial charge is 0.304 e. The Hall–Kier alpha value is -0.790. The molecule has 0 aromatic carbocycles. The fraction of sp³-hybridized carbons (Fsp3) is 0.750. The van der Waals surface area contributed by atoms with E-state index >= 15 is 0 Å². The lowest BCUT2D eigenvalue weighted by Crippen LogP contribution is -2.32. The summed E-state index contributed by atoms with van der Waals surface area (Å²) in [5, 5.41) is 8.89. The Morgan fingerprint density at radius 1 is 1.50 bits per heavy atom. The van der Waals surface area contributed by atoms with E-state index in [0.717, 1.165) is 12.8 Å². The first-order chi connectivity index (χ1) is 6.47. The Bertz CT molecular complexity index is 222. The van der Waals surface area contributed by atoms with Crippen LogP contribution in [0.2, 0.25) is 0 Å². The van der Waals surface area contributed by atoms with Gasteiger partial charge in [-0.2, -0.15) is 0 Å². The third-order valence-electron chi connectivity index (χ3n) is 3.25. The summed E-state index contributed by atoms with van der Waals surface area (Å²) < 4.78 is 0. The molecule has 14 heavy (non-hydrogen) atoms. The molecule has 1 aliphatic rings. The van der Waals surface area contributed by atoms with Crippen LogP contribution in [0.25, 0.3) is 0 Å². The SMILES string of the molecule is C=CC1(CC(=O)O)CC(C)CC(C)C1. The van der Waals surface area contributed by atoms with Gasteiger partial charge in [-0.1, -0.05) is 19.9 Å². The summed E-state index contributed by atoms with van der Waals surface area (Å²) >= 11 is 0. The van der Waals surface area contributed by atoms with Crippen LogP contribution in [0.1, 0.15) is 39.5 Å². The molecule has 1 saturated carbocycles. The highest BCUT2D eigenvalue weighted by atomic mass is 16.4. The van der Waals surface area contributed by atoms with Gasteiger partial charge in [-0.05, 0) is 36.5 Å². The maximum Gasteiger partial charge on any atom is 0.304 e. The van der Waals surface area contributed by atoms with Crippen molar-refractivity contribution in [2.75, 3.05) is 0 Å². The molecule has 0 bridgehead atoms. The highest BCUT2D eigenvalue weighted by molar-refractivity contribution is 5.68. The lowest BCUT2D eigenvalue weighted by atomic mass is 9.65. The van der Waals surface area contributed by atoms with Gasteiger partial charge >= 0.3 is 5.97 Å². The predicted octanol–water partition coefficient (Wildman–Crippen LogP) is 3.09. The van der Waals surface area contributed by atoms with Crippen LogP contribution in [0.5, 0.6) is 0 Å². The first-order valence-corrected chi connectivity index (χ1v) is 5.33. The minimum absolute atomic E-state index is 0.150. The first-order valence-electron chi connectivity index (χ1n) is 5.33. The summed E-state index contributed by atoms with van der Waals surface area (Å²) in [5.41, 5.74) is -0.150. The molecule has 2 unspecified atom stereocenters. The van der Waals surface area contributed by atoms with Crippen LogP contribution in [0.4, 0.5) is 0 Å². The number of carboxylic acid groups (broad SMARTS) is 1. The summed E-state index contributed by atoms with van der Waals surface area (Å²) in [6, 6.07) is 0. The monoisotopic (exact) mass is 196 g/mol. The number of aliphatic carboxylic acids is 1. The van der Waals surface area contributed by atoms with Gasteiger partial charge in [0.15, 0.2) is 0 Å². The molecule has 0 saturated heterocycles. The van der Waals surface area contributed by atoms with Gasteiger partial charge in [0.05, 0.1) is 6.42 Å². The minimum atomic E-state index is -0.703. The maximum absolute atomic E-state index is 10.8. The molecule has 1 rings (SSSR count). The molecule has 2 atom stereocenters. The van der Waals surface area contributed by atoms with Crippen molar-refractivity contribution in [3.05, 3.63) is 12.7 Å². The van der Waals surface area contributed by atoms with Gasteiger partial charge in [0.2, 0.25) is 0 Å². The Balaban J connectivity index is 2.76. The normalized spacial score (nSPS) is 37.9. The average Bonchev–Trinajstić information content (AvgIpc) is 2.00. The highest BCUT2D eigenvalue weighted by Crippen LogP contribution is 2.45.